The zero-order valence-electron chi connectivity index (χ0n) is 9.23. The summed E-state index contributed by atoms with van der Waals surface area (Å²) in [6.45, 7) is 2.54. The van der Waals surface area contributed by atoms with Gasteiger partial charge in [0.2, 0.25) is 0 Å². The number of aromatic hydroxyl groups is 2. The van der Waals surface area contributed by atoms with Crippen LogP contribution in [0.25, 0.3) is 0 Å². The molecule has 5 heteroatoms. The van der Waals surface area contributed by atoms with Gasteiger partial charge >= 0.3 is 0 Å². The highest BCUT2D eigenvalue weighted by molar-refractivity contribution is 7.99. The van der Waals surface area contributed by atoms with Crippen LogP contribution < -0.4 is 5.32 Å². The van der Waals surface area contributed by atoms with Crippen molar-refractivity contribution in [2.45, 2.75) is 12.2 Å². The summed E-state index contributed by atoms with van der Waals surface area (Å²) in [7, 11) is 0. The van der Waals surface area contributed by atoms with Crippen molar-refractivity contribution < 1.29 is 15.0 Å². The topological polar surface area (TPSA) is 69.6 Å². The maximum Gasteiger partial charge on any atom is 0.255 e. The van der Waals surface area contributed by atoms with Gasteiger partial charge in [0.25, 0.3) is 5.91 Å². The largest absolute Gasteiger partial charge is 0.508 e. The maximum atomic E-state index is 11.6. The van der Waals surface area contributed by atoms with Crippen LogP contribution >= 0.6 is 11.8 Å². The number of benzene rings is 1. The summed E-state index contributed by atoms with van der Waals surface area (Å²) in [6.07, 6.45) is 1.97. The van der Waals surface area contributed by atoms with Gasteiger partial charge in [0.15, 0.2) is 0 Å². The molecule has 1 amide bonds. The number of nitrogens with one attached hydrogen (secondary N) is 1. The van der Waals surface area contributed by atoms with Crippen molar-refractivity contribution in [3.05, 3.63) is 23.8 Å². The van der Waals surface area contributed by atoms with E-state index in [2.05, 4.69) is 5.32 Å². The van der Waals surface area contributed by atoms with E-state index in [1.165, 1.54) is 12.1 Å². The number of rotatable bonds is 4. The Hall–Kier alpha value is -1.36. The van der Waals surface area contributed by atoms with Crippen molar-refractivity contribution >= 4 is 17.7 Å². The molecule has 0 aliphatic carbocycles. The van der Waals surface area contributed by atoms with Crippen LogP contribution in [0.4, 0.5) is 0 Å². The van der Waals surface area contributed by atoms with Crippen LogP contribution in [-0.4, -0.2) is 34.2 Å². The van der Waals surface area contributed by atoms with E-state index in [9.17, 15) is 9.90 Å². The molecule has 1 unspecified atom stereocenters. The molecule has 0 aromatic heterocycles. The first-order valence-electron chi connectivity index (χ1n) is 4.87. The minimum absolute atomic E-state index is 0.0634. The van der Waals surface area contributed by atoms with Crippen LogP contribution in [0.15, 0.2) is 18.2 Å². The van der Waals surface area contributed by atoms with Crippen molar-refractivity contribution in [1.82, 2.24) is 5.32 Å². The van der Waals surface area contributed by atoms with Crippen LogP contribution in [0.2, 0.25) is 0 Å². The molecule has 1 aromatic rings. The van der Waals surface area contributed by atoms with Gasteiger partial charge in [0.1, 0.15) is 11.5 Å². The molecule has 0 aliphatic rings. The number of thioether (sulfide) groups is 1. The van der Waals surface area contributed by atoms with Crippen LogP contribution in [0.1, 0.15) is 17.3 Å². The Bertz CT molecular complexity index is 381. The first-order chi connectivity index (χ1) is 7.54. The molecule has 0 aliphatic heterocycles. The number of carbonyl (C=O) groups is 1. The molecule has 88 valence electrons. The molecule has 1 aromatic carbocycles. The molecule has 1 rings (SSSR count). The molecular weight excluding hydrogens is 226 g/mol. The van der Waals surface area contributed by atoms with Crippen molar-refractivity contribution in [2.75, 3.05) is 12.8 Å². The quantitative estimate of drug-likeness (QED) is 0.748. The van der Waals surface area contributed by atoms with E-state index >= 15 is 0 Å². The predicted molar refractivity (Wildman–Crippen MR) is 65.1 cm³/mol. The summed E-state index contributed by atoms with van der Waals surface area (Å²) in [6, 6.07) is 3.91. The standard InChI is InChI=1S/C11H15NO3S/c1-7(16-2)6-12-11(15)9-4-3-8(13)5-10(9)14/h3-5,7,13-14H,6H2,1-2H3,(H,12,15). The number of phenolic OH excluding ortho intramolecular Hbond substituents is 2. The van der Waals surface area contributed by atoms with Crippen molar-refractivity contribution in [3.8, 4) is 11.5 Å². The van der Waals surface area contributed by atoms with Crippen molar-refractivity contribution in [2.24, 2.45) is 0 Å². The smallest absolute Gasteiger partial charge is 0.255 e. The zero-order chi connectivity index (χ0) is 12.1. The molecule has 0 saturated heterocycles. The van der Waals surface area contributed by atoms with E-state index < -0.39 is 0 Å². The van der Waals surface area contributed by atoms with Crippen LogP contribution in [-0.2, 0) is 0 Å². The summed E-state index contributed by atoms with van der Waals surface area (Å²) in [4.78, 5) is 11.6. The van der Waals surface area contributed by atoms with Gasteiger partial charge in [-0.25, -0.2) is 0 Å². The van der Waals surface area contributed by atoms with Gasteiger partial charge in [-0.05, 0) is 18.4 Å². The van der Waals surface area contributed by atoms with E-state index in [-0.39, 0.29) is 23.0 Å². The number of hydrogen-bond acceptors (Lipinski definition) is 4. The highest BCUT2D eigenvalue weighted by atomic mass is 32.2. The number of hydrogen-bond donors (Lipinski definition) is 3. The Labute approximate surface area is 98.7 Å². The Kier molecular flexibility index (Phi) is 4.49. The fraction of sp³-hybridized carbons (Fsp3) is 0.364. The third-order valence-electron chi connectivity index (χ3n) is 2.18. The van der Waals surface area contributed by atoms with Crippen molar-refractivity contribution in [3.63, 3.8) is 0 Å². The Morgan fingerprint density at radius 1 is 1.50 bits per heavy atom. The molecule has 0 fully saturated rings. The molecule has 16 heavy (non-hydrogen) atoms. The average molecular weight is 241 g/mol. The van der Waals surface area contributed by atoms with Gasteiger partial charge in [-0.3, -0.25) is 4.79 Å². The lowest BCUT2D eigenvalue weighted by atomic mass is 10.2. The van der Waals surface area contributed by atoms with Gasteiger partial charge in [0, 0.05) is 17.9 Å². The van der Waals surface area contributed by atoms with Crippen molar-refractivity contribution in [1.29, 1.82) is 0 Å². The Morgan fingerprint density at radius 3 is 2.75 bits per heavy atom. The highest BCUT2D eigenvalue weighted by Gasteiger charge is 2.11. The predicted octanol–water partition coefficient (Wildman–Crippen LogP) is 1.58. The van der Waals surface area contributed by atoms with E-state index in [1.54, 1.807) is 11.8 Å². The van der Waals surface area contributed by atoms with Crippen LogP contribution in [0.3, 0.4) is 0 Å². The molecule has 1 atom stereocenters. The molecule has 0 bridgehead atoms. The monoisotopic (exact) mass is 241 g/mol. The molecule has 3 N–H and O–H groups in total. The number of carbonyl (C=O) groups excluding carboxylic acids is 1. The number of amides is 1. The van der Waals surface area contributed by atoms with Crippen LogP contribution in [0, 0.1) is 0 Å². The van der Waals surface area contributed by atoms with Gasteiger partial charge in [-0.2, -0.15) is 11.8 Å². The SMILES string of the molecule is CSC(C)CNC(=O)c1ccc(O)cc1O. The third-order valence-corrected chi connectivity index (χ3v) is 3.15. The first kappa shape index (κ1) is 12.7. The zero-order valence-corrected chi connectivity index (χ0v) is 10.0. The fourth-order valence-electron chi connectivity index (χ4n) is 1.13. The molecular formula is C11H15NO3S. The summed E-state index contributed by atoms with van der Waals surface area (Å²) in [5, 5.41) is 21.6. The normalized spacial score (nSPS) is 12.1. The van der Waals surface area contributed by atoms with Gasteiger partial charge in [-0.15, -0.1) is 0 Å². The minimum Gasteiger partial charge on any atom is -0.508 e. The molecule has 0 saturated carbocycles. The average Bonchev–Trinajstić information content (AvgIpc) is 2.25. The van der Waals surface area contributed by atoms with E-state index in [1.807, 2.05) is 13.2 Å². The summed E-state index contributed by atoms with van der Waals surface area (Å²) in [5.74, 6) is -0.612. The summed E-state index contributed by atoms with van der Waals surface area (Å²) in [5.41, 5.74) is 0.172. The lowest BCUT2D eigenvalue weighted by molar-refractivity contribution is 0.0951. The molecule has 4 nitrogen and oxygen atoms in total. The molecule has 0 heterocycles. The third kappa shape index (κ3) is 3.34. The van der Waals surface area contributed by atoms with E-state index in [0.29, 0.717) is 11.8 Å². The van der Waals surface area contributed by atoms with Crippen LogP contribution in [0.5, 0.6) is 11.5 Å². The first-order valence-corrected chi connectivity index (χ1v) is 6.16. The fourth-order valence-corrected chi connectivity index (χ4v) is 1.38. The second kappa shape index (κ2) is 5.65. The van der Waals surface area contributed by atoms with Gasteiger partial charge < -0.3 is 15.5 Å². The lowest BCUT2D eigenvalue weighted by Crippen LogP contribution is -2.29. The summed E-state index contributed by atoms with van der Waals surface area (Å²) < 4.78 is 0. The van der Waals surface area contributed by atoms with E-state index in [0.717, 1.165) is 6.07 Å². The molecule has 0 radical (unpaired) electrons. The highest BCUT2D eigenvalue weighted by Crippen LogP contribution is 2.22. The minimum atomic E-state index is -0.335. The second-order valence-electron chi connectivity index (χ2n) is 3.46. The lowest BCUT2D eigenvalue weighted by Gasteiger charge is -2.10. The Balaban J connectivity index is 2.66. The van der Waals surface area contributed by atoms with Gasteiger partial charge in [0.05, 0.1) is 5.56 Å². The summed E-state index contributed by atoms with van der Waals surface area (Å²) >= 11 is 1.65. The van der Waals surface area contributed by atoms with Gasteiger partial charge in [-0.1, -0.05) is 6.92 Å². The second-order valence-corrected chi connectivity index (χ2v) is 4.73. The molecule has 0 spiro atoms. The maximum absolute atomic E-state index is 11.6. The number of phenols is 2. The van der Waals surface area contributed by atoms with E-state index in [4.69, 9.17) is 5.11 Å². The Morgan fingerprint density at radius 2 is 2.19 bits per heavy atom.